The summed E-state index contributed by atoms with van der Waals surface area (Å²) < 4.78 is 0. The second-order valence-corrected chi connectivity index (χ2v) is 5.27. The van der Waals surface area contributed by atoms with E-state index < -0.39 is 0 Å². The van der Waals surface area contributed by atoms with Crippen molar-refractivity contribution in [2.45, 2.75) is 46.0 Å². The molecule has 0 heterocycles. The number of hydrogen-bond donors (Lipinski definition) is 0. The lowest BCUT2D eigenvalue weighted by Crippen LogP contribution is -1.98. The summed E-state index contributed by atoms with van der Waals surface area (Å²) in [5.74, 6) is 0. The fraction of sp³-hybridized carbons (Fsp3) is 0.368. The van der Waals surface area contributed by atoms with Gasteiger partial charge in [-0.2, -0.15) is 0 Å². The molecule has 2 aromatic rings. The Morgan fingerprint density at radius 1 is 0.684 bits per heavy atom. The van der Waals surface area contributed by atoms with Crippen LogP contribution < -0.4 is 0 Å². The molecule has 100 valence electrons. The largest absolute Gasteiger partial charge is 0.0651 e. The Hall–Kier alpha value is -1.56. The molecule has 0 aromatic heterocycles. The number of rotatable bonds is 6. The fourth-order valence-corrected chi connectivity index (χ4v) is 2.62. The molecular weight excluding hydrogens is 228 g/mol. The molecule has 0 amide bonds. The molecule has 0 aliphatic rings. The maximum atomic E-state index is 2.42. The Kier molecular flexibility index (Phi) is 5.20. The van der Waals surface area contributed by atoms with Gasteiger partial charge in [-0.05, 0) is 41.5 Å². The predicted octanol–water partition coefficient (Wildman–Crippen LogP) is 5.18. The predicted molar refractivity (Wildman–Crippen MR) is 83.7 cm³/mol. The van der Waals surface area contributed by atoms with Crippen LogP contribution in [0.5, 0.6) is 0 Å². The minimum absolute atomic E-state index is 1.06. The van der Waals surface area contributed by atoms with E-state index in [0.717, 1.165) is 6.42 Å². The van der Waals surface area contributed by atoms with Crippen LogP contribution in [0.2, 0.25) is 0 Å². The standard InChI is InChI=1S/C19H24/c1-3-8-16-12-13-18(9-4-2)19(14-16)15-17-10-6-5-7-11-17/h5-7,10-14H,3-4,8-9,15H2,1-2H3. The van der Waals surface area contributed by atoms with Crippen LogP contribution in [-0.4, -0.2) is 0 Å². The van der Waals surface area contributed by atoms with Crippen LogP contribution >= 0.6 is 0 Å². The van der Waals surface area contributed by atoms with Gasteiger partial charge in [-0.15, -0.1) is 0 Å². The van der Waals surface area contributed by atoms with Gasteiger partial charge in [0.2, 0.25) is 0 Å². The molecule has 0 spiro atoms. The maximum Gasteiger partial charge on any atom is -0.00229 e. The monoisotopic (exact) mass is 252 g/mol. The van der Waals surface area contributed by atoms with Gasteiger partial charge in [0.25, 0.3) is 0 Å². The van der Waals surface area contributed by atoms with Crippen LogP contribution in [0.15, 0.2) is 48.5 Å². The van der Waals surface area contributed by atoms with Crippen molar-refractivity contribution < 1.29 is 0 Å². The average Bonchev–Trinajstić information content (AvgIpc) is 2.43. The molecule has 0 fully saturated rings. The van der Waals surface area contributed by atoms with E-state index in [4.69, 9.17) is 0 Å². The molecule has 0 nitrogen and oxygen atoms in total. The molecule has 0 N–H and O–H groups in total. The first-order valence-corrected chi connectivity index (χ1v) is 7.48. The van der Waals surface area contributed by atoms with E-state index in [1.165, 1.54) is 47.9 Å². The molecule has 0 heteroatoms. The Bertz CT molecular complexity index is 497. The van der Waals surface area contributed by atoms with E-state index >= 15 is 0 Å². The van der Waals surface area contributed by atoms with Crippen LogP contribution in [0.3, 0.4) is 0 Å². The van der Waals surface area contributed by atoms with Crippen LogP contribution in [0.1, 0.15) is 48.9 Å². The quantitative estimate of drug-likeness (QED) is 0.664. The van der Waals surface area contributed by atoms with Crippen molar-refractivity contribution in [2.75, 3.05) is 0 Å². The first kappa shape index (κ1) is 13.9. The zero-order valence-electron chi connectivity index (χ0n) is 12.2. The van der Waals surface area contributed by atoms with Crippen molar-refractivity contribution in [2.24, 2.45) is 0 Å². The highest BCUT2D eigenvalue weighted by Gasteiger charge is 2.04. The summed E-state index contributed by atoms with van der Waals surface area (Å²) in [4.78, 5) is 0. The highest BCUT2D eigenvalue weighted by molar-refractivity contribution is 5.36. The molecule has 0 saturated heterocycles. The molecule has 0 unspecified atom stereocenters. The lowest BCUT2D eigenvalue weighted by atomic mass is 9.94. The van der Waals surface area contributed by atoms with Crippen molar-refractivity contribution >= 4 is 0 Å². The van der Waals surface area contributed by atoms with Crippen LogP contribution in [0.25, 0.3) is 0 Å². The van der Waals surface area contributed by atoms with Gasteiger partial charge in [0.05, 0.1) is 0 Å². The first-order valence-electron chi connectivity index (χ1n) is 7.48. The van der Waals surface area contributed by atoms with Crippen molar-refractivity contribution in [3.05, 3.63) is 70.8 Å². The smallest absolute Gasteiger partial charge is 0.00229 e. The SMILES string of the molecule is CCCc1ccc(CCC)c(Cc2ccccc2)c1. The van der Waals surface area contributed by atoms with Gasteiger partial charge in [-0.1, -0.05) is 75.2 Å². The summed E-state index contributed by atoms with van der Waals surface area (Å²) in [6.45, 7) is 4.50. The van der Waals surface area contributed by atoms with Crippen molar-refractivity contribution in [3.8, 4) is 0 Å². The van der Waals surface area contributed by atoms with Gasteiger partial charge in [0, 0.05) is 0 Å². The molecule has 0 saturated carbocycles. The summed E-state index contributed by atoms with van der Waals surface area (Å²) in [6, 6.07) is 17.9. The minimum atomic E-state index is 1.06. The van der Waals surface area contributed by atoms with Crippen LogP contribution in [-0.2, 0) is 19.3 Å². The van der Waals surface area contributed by atoms with Crippen molar-refractivity contribution in [3.63, 3.8) is 0 Å². The highest BCUT2D eigenvalue weighted by Crippen LogP contribution is 2.19. The lowest BCUT2D eigenvalue weighted by molar-refractivity contribution is 0.887. The van der Waals surface area contributed by atoms with Crippen molar-refractivity contribution in [1.29, 1.82) is 0 Å². The minimum Gasteiger partial charge on any atom is -0.0651 e. The van der Waals surface area contributed by atoms with E-state index in [1.807, 2.05) is 0 Å². The molecule has 19 heavy (non-hydrogen) atoms. The highest BCUT2D eigenvalue weighted by atomic mass is 14.1. The summed E-state index contributed by atoms with van der Waals surface area (Å²) in [5, 5.41) is 0. The molecule has 2 rings (SSSR count). The molecule has 0 aliphatic carbocycles. The van der Waals surface area contributed by atoms with Gasteiger partial charge in [-0.3, -0.25) is 0 Å². The Balaban J connectivity index is 2.26. The normalized spacial score (nSPS) is 10.6. The third-order valence-electron chi connectivity index (χ3n) is 3.57. The summed E-state index contributed by atoms with van der Waals surface area (Å²) in [7, 11) is 0. The Morgan fingerprint density at radius 2 is 1.42 bits per heavy atom. The number of aryl methyl sites for hydroxylation is 2. The van der Waals surface area contributed by atoms with E-state index in [9.17, 15) is 0 Å². The first-order chi connectivity index (χ1) is 9.33. The van der Waals surface area contributed by atoms with E-state index in [1.54, 1.807) is 0 Å². The lowest BCUT2D eigenvalue weighted by Gasteiger charge is -2.11. The molecule has 2 aromatic carbocycles. The maximum absolute atomic E-state index is 2.42. The third kappa shape index (κ3) is 3.96. The number of benzene rings is 2. The average molecular weight is 252 g/mol. The second-order valence-electron chi connectivity index (χ2n) is 5.27. The summed E-state index contributed by atoms with van der Waals surface area (Å²) >= 11 is 0. The Labute approximate surface area is 117 Å². The number of hydrogen-bond acceptors (Lipinski definition) is 0. The van der Waals surface area contributed by atoms with Crippen molar-refractivity contribution in [1.82, 2.24) is 0 Å². The van der Waals surface area contributed by atoms with Crippen LogP contribution in [0, 0.1) is 0 Å². The van der Waals surface area contributed by atoms with Gasteiger partial charge < -0.3 is 0 Å². The molecule has 0 aliphatic heterocycles. The molecule has 0 atom stereocenters. The topological polar surface area (TPSA) is 0 Å². The summed E-state index contributed by atoms with van der Waals surface area (Å²) in [6.07, 6.45) is 5.88. The summed E-state index contributed by atoms with van der Waals surface area (Å²) in [5.41, 5.74) is 5.92. The van der Waals surface area contributed by atoms with E-state index in [2.05, 4.69) is 62.4 Å². The third-order valence-corrected chi connectivity index (χ3v) is 3.57. The molecular formula is C19H24. The van der Waals surface area contributed by atoms with Crippen LogP contribution in [0.4, 0.5) is 0 Å². The van der Waals surface area contributed by atoms with Gasteiger partial charge in [0.15, 0.2) is 0 Å². The zero-order valence-corrected chi connectivity index (χ0v) is 12.2. The zero-order chi connectivity index (χ0) is 13.5. The van der Waals surface area contributed by atoms with E-state index in [0.29, 0.717) is 0 Å². The van der Waals surface area contributed by atoms with Gasteiger partial charge in [-0.25, -0.2) is 0 Å². The van der Waals surface area contributed by atoms with Gasteiger partial charge >= 0.3 is 0 Å². The second kappa shape index (κ2) is 7.13. The molecule has 0 radical (unpaired) electrons. The van der Waals surface area contributed by atoms with E-state index in [-0.39, 0.29) is 0 Å². The fourth-order valence-electron chi connectivity index (χ4n) is 2.62. The Morgan fingerprint density at radius 3 is 2.11 bits per heavy atom. The van der Waals surface area contributed by atoms with Gasteiger partial charge in [0.1, 0.15) is 0 Å². The molecule has 0 bridgehead atoms.